The fourth-order valence-corrected chi connectivity index (χ4v) is 3.88. The SMILES string of the molecule is CNCC(=O)N[C@H](CN(C(=O)C(Cl)Cl)c1cccc(-c2ccno2)c1)C(C)C.Cc1c(Cl)cccc1Cl. The number of anilines is 1. The Kier molecular flexibility index (Phi) is 12.7. The van der Waals surface area contributed by atoms with Gasteiger partial charge < -0.3 is 20.1 Å². The minimum Gasteiger partial charge on any atom is -0.356 e. The number of carbonyl (C=O) groups is 2. The lowest BCUT2D eigenvalue weighted by Crippen LogP contribution is -2.51. The normalized spacial score (nSPS) is 11.6. The lowest BCUT2D eigenvalue weighted by atomic mass is 10.0. The quantitative estimate of drug-likeness (QED) is 0.294. The monoisotopic (exact) mass is 586 g/mol. The van der Waals surface area contributed by atoms with E-state index in [9.17, 15) is 9.59 Å². The van der Waals surface area contributed by atoms with E-state index in [1.165, 1.54) is 4.90 Å². The zero-order valence-corrected chi connectivity index (χ0v) is 24.0. The highest BCUT2D eigenvalue weighted by molar-refractivity contribution is 6.54. The second-order valence-electron chi connectivity index (χ2n) is 8.47. The summed E-state index contributed by atoms with van der Waals surface area (Å²) in [7, 11) is 1.69. The summed E-state index contributed by atoms with van der Waals surface area (Å²) in [5, 5.41) is 10.9. The predicted octanol–water partition coefficient (Wildman–Crippen LogP) is 6.14. The van der Waals surface area contributed by atoms with Gasteiger partial charge >= 0.3 is 0 Å². The molecular formula is C26H30Cl4N4O3. The minimum absolute atomic E-state index is 0.0812. The van der Waals surface area contributed by atoms with Gasteiger partial charge in [-0.2, -0.15) is 0 Å². The van der Waals surface area contributed by atoms with Crippen molar-refractivity contribution in [2.45, 2.75) is 31.6 Å². The van der Waals surface area contributed by atoms with Crippen LogP contribution in [-0.4, -0.2) is 48.0 Å². The molecule has 0 saturated heterocycles. The molecule has 2 aromatic carbocycles. The summed E-state index contributed by atoms with van der Waals surface area (Å²) in [6, 6.07) is 14.1. The summed E-state index contributed by atoms with van der Waals surface area (Å²) in [4.78, 5) is 25.0. The lowest BCUT2D eigenvalue weighted by Gasteiger charge is -2.31. The number of alkyl halides is 2. The van der Waals surface area contributed by atoms with E-state index in [4.69, 9.17) is 50.9 Å². The van der Waals surface area contributed by atoms with Gasteiger partial charge in [-0.1, -0.05) is 83.6 Å². The van der Waals surface area contributed by atoms with Gasteiger partial charge in [-0.15, -0.1) is 0 Å². The Labute approximate surface area is 237 Å². The van der Waals surface area contributed by atoms with E-state index < -0.39 is 10.7 Å². The van der Waals surface area contributed by atoms with Crippen LogP contribution in [0.5, 0.6) is 0 Å². The third-order valence-electron chi connectivity index (χ3n) is 5.40. The van der Waals surface area contributed by atoms with E-state index in [0.29, 0.717) is 11.4 Å². The number of halogens is 4. The van der Waals surface area contributed by atoms with E-state index in [1.807, 2.05) is 45.0 Å². The van der Waals surface area contributed by atoms with Gasteiger partial charge in [0, 0.05) is 39.9 Å². The molecule has 2 amide bonds. The summed E-state index contributed by atoms with van der Waals surface area (Å²) in [6.45, 7) is 6.24. The molecule has 0 unspecified atom stereocenters. The Bertz CT molecular complexity index is 1140. The van der Waals surface area contributed by atoms with Gasteiger partial charge in [-0.3, -0.25) is 9.59 Å². The van der Waals surface area contributed by atoms with Crippen molar-refractivity contribution in [1.29, 1.82) is 0 Å². The average Bonchev–Trinajstić information content (AvgIpc) is 3.40. The molecule has 7 nitrogen and oxygen atoms in total. The van der Waals surface area contributed by atoms with Crippen LogP contribution < -0.4 is 15.5 Å². The Morgan fingerprint density at radius 2 is 1.70 bits per heavy atom. The molecule has 0 aliphatic rings. The van der Waals surface area contributed by atoms with Crippen LogP contribution in [0.2, 0.25) is 10.0 Å². The molecule has 2 N–H and O–H groups in total. The first-order chi connectivity index (χ1) is 17.5. The molecule has 0 saturated carbocycles. The molecular weight excluding hydrogens is 558 g/mol. The van der Waals surface area contributed by atoms with Gasteiger partial charge in [0.15, 0.2) is 10.6 Å². The maximum absolute atomic E-state index is 12.7. The number of rotatable bonds is 9. The number of benzene rings is 2. The molecule has 3 aromatic rings. The number of likely N-dealkylation sites (N-methyl/N-ethyl adjacent to an activating group) is 1. The van der Waals surface area contributed by atoms with Gasteiger partial charge in [-0.05, 0) is 49.7 Å². The van der Waals surface area contributed by atoms with Crippen molar-refractivity contribution >= 4 is 63.9 Å². The van der Waals surface area contributed by atoms with E-state index in [0.717, 1.165) is 21.2 Å². The van der Waals surface area contributed by atoms with Gasteiger partial charge in [0.1, 0.15) is 0 Å². The first kappa shape index (κ1) is 30.9. The van der Waals surface area contributed by atoms with Crippen LogP contribution in [-0.2, 0) is 9.59 Å². The molecule has 0 bridgehead atoms. The second-order valence-corrected chi connectivity index (χ2v) is 10.4. The second kappa shape index (κ2) is 15.2. The van der Waals surface area contributed by atoms with Crippen molar-refractivity contribution < 1.29 is 14.1 Å². The van der Waals surface area contributed by atoms with E-state index in [-0.39, 0.29) is 31.0 Å². The summed E-state index contributed by atoms with van der Waals surface area (Å²) in [5.41, 5.74) is 2.30. The predicted molar refractivity (Wildman–Crippen MR) is 152 cm³/mol. The lowest BCUT2D eigenvalue weighted by molar-refractivity contribution is -0.121. The van der Waals surface area contributed by atoms with E-state index >= 15 is 0 Å². The summed E-state index contributed by atoms with van der Waals surface area (Å²) < 4.78 is 5.19. The number of hydrogen-bond acceptors (Lipinski definition) is 5. The Morgan fingerprint density at radius 3 is 2.22 bits per heavy atom. The summed E-state index contributed by atoms with van der Waals surface area (Å²) in [6.07, 6.45) is 1.55. The molecule has 0 aliphatic heterocycles. The van der Waals surface area contributed by atoms with E-state index in [2.05, 4.69) is 15.8 Å². The van der Waals surface area contributed by atoms with Crippen molar-refractivity contribution in [3.63, 3.8) is 0 Å². The zero-order valence-electron chi connectivity index (χ0n) is 21.0. The maximum atomic E-state index is 12.7. The molecule has 37 heavy (non-hydrogen) atoms. The number of carbonyl (C=O) groups excluding carboxylic acids is 2. The Balaban J connectivity index is 0.000000449. The minimum atomic E-state index is -1.23. The topological polar surface area (TPSA) is 87.5 Å². The third-order valence-corrected chi connectivity index (χ3v) is 6.59. The number of nitrogens with one attached hydrogen (secondary N) is 2. The van der Waals surface area contributed by atoms with Crippen LogP contribution in [0.1, 0.15) is 19.4 Å². The van der Waals surface area contributed by atoms with Crippen molar-refractivity contribution in [3.8, 4) is 11.3 Å². The van der Waals surface area contributed by atoms with Gasteiger partial charge in [0.2, 0.25) is 5.91 Å². The first-order valence-electron chi connectivity index (χ1n) is 11.5. The number of amides is 2. The molecule has 200 valence electrons. The highest BCUT2D eigenvalue weighted by Crippen LogP contribution is 2.27. The Morgan fingerprint density at radius 1 is 1.05 bits per heavy atom. The molecule has 0 fully saturated rings. The van der Waals surface area contributed by atoms with Crippen LogP contribution in [0.25, 0.3) is 11.3 Å². The molecule has 0 spiro atoms. The van der Waals surface area contributed by atoms with Gasteiger partial charge in [0.05, 0.1) is 12.7 Å². The molecule has 0 aliphatic carbocycles. The zero-order chi connectivity index (χ0) is 27.5. The van der Waals surface area contributed by atoms with Crippen LogP contribution >= 0.6 is 46.4 Å². The first-order valence-corrected chi connectivity index (χ1v) is 13.1. The molecule has 0 radical (unpaired) electrons. The fraction of sp³-hybridized carbons (Fsp3) is 0.346. The molecule has 11 heteroatoms. The van der Waals surface area contributed by atoms with E-state index in [1.54, 1.807) is 37.5 Å². The summed E-state index contributed by atoms with van der Waals surface area (Å²) in [5.74, 6) is 0.0341. The molecule has 1 aromatic heterocycles. The maximum Gasteiger partial charge on any atom is 0.260 e. The summed E-state index contributed by atoms with van der Waals surface area (Å²) >= 11 is 23.2. The molecule has 1 atom stereocenters. The standard InChI is InChI=1S/C19H24Cl2N4O3.C7H6Cl2/c1-12(2)15(24-17(26)10-22-3)11-25(19(27)18(20)21)14-6-4-5-13(9-14)16-7-8-23-28-16;1-5-6(8)3-2-4-7(5)9/h4-9,12,15,18,22H,10-11H2,1-3H3,(H,24,26);2-4H,1H3/t15-;/m1./s1. The molecule has 1 heterocycles. The van der Waals surface area contributed by atoms with Crippen LogP contribution in [0, 0.1) is 12.8 Å². The van der Waals surface area contributed by atoms with Crippen molar-refractivity contribution in [3.05, 3.63) is 70.3 Å². The smallest absolute Gasteiger partial charge is 0.260 e. The highest BCUT2D eigenvalue weighted by atomic mass is 35.5. The Hall–Kier alpha value is -2.29. The average molecular weight is 588 g/mol. The van der Waals surface area contributed by atoms with Crippen LogP contribution in [0.15, 0.2) is 59.3 Å². The van der Waals surface area contributed by atoms with Crippen molar-refractivity contribution in [1.82, 2.24) is 15.8 Å². The highest BCUT2D eigenvalue weighted by Gasteiger charge is 2.27. The van der Waals surface area contributed by atoms with Gasteiger partial charge in [-0.25, -0.2) is 0 Å². The molecule has 3 rings (SSSR count). The van der Waals surface area contributed by atoms with Crippen LogP contribution in [0.3, 0.4) is 0 Å². The number of nitrogens with zero attached hydrogens (tertiary/aromatic N) is 2. The number of hydrogen-bond donors (Lipinski definition) is 2. The van der Waals surface area contributed by atoms with Crippen LogP contribution in [0.4, 0.5) is 5.69 Å². The fourth-order valence-electron chi connectivity index (χ4n) is 3.25. The van der Waals surface area contributed by atoms with Crippen molar-refractivity contribution in [2.75, 3.05) is 25.0 Å². The third kappa shape index (κ3) is 9.51. The number of aromatic nitrogens is 1. The largest absolute Gasteiger partial charge is 0.356 e. The van der Waals surface area contributed by atoms with Crippen molar-refractivity contribution in [2.24, 2.45) is 5.92 Å². The van der Waals surface area contributed by atoms with Gasteiger partial charge in [0.25, 0.3) is 5.91 Å².